The van der Waals surface area contributed by atoms with E-state index in [-0.39, 0.29) is 36.5 Å². The van der Waals surface area contributed by atoms with Crippen molar-refractivity contribution >= 4 is 52.6 Å². The van der Waals surface area contributed by atoms with Gasteiger partial charge in [0.2, 0.25) is 5.91 Å². The van der Waals surface area contributed by atoms with Gasteiger partial charge < -0.3 is 19.7 Å². The summed E-state index contributed by atoms with van der Waals surface area (Å²) >= 11 is 6.09. The second-order valence-corrected chi connectivity index (χ2v) is 11.5. The van der Waals surface area contributed by atoms with E-state index in [0.717, 1.165) is 54.3 Å². The third-order valence-corrected chi connectivity index (χ3v) is 8.28. The van der Waals surface area contributed by atoms with Crippen LogP contribution in [0.25, 0.3) is 33.5 Å². The zero-order valence-corrected chi connectivity index (χ0v) is 26.1. The standard InChI is InChI=1S/C35H31ClFN3O4.ClH/c1-21(41)38-26-12-14-29(22-7-10-25(36)11-8-22)24(17-26)20-44-28-13-15-30(31(37)19-28)34-39-32-18-23(35(42)43)9-16-33(32)40(34)27-5-3-2-4-6-27;/h7-19,27H,2-6,20H2,1H3,(H,38,41)(H,42,43);1H. The van der Waals surface area contributed by atoms with Crippen molar-refractivity contribution < 1.29 is 23.8 Å². The number of benzene rings is 4. The molecule has 0 saturated heterocycles. The lowest BCUT2D eigenvalue weighted by molar-refractivity contribution is -0.114. The Balaban J connectivity index is 0.00000400. The average molecular weight is 649 g/mol. The van der Waals surface area contributed by atoms with Gasteiger partial charge in [0.05, 0.1) is 22.2 Å². The van der Waals surface area contributed by atoms with E-state index in [0.29, 0.717) is 33.4 Å². The van der Waals surface area contributed by atoms with Crippen LogP contribution in [0.3, 0.4) is 0 Å². The first-order valence-electron chi connectivity index (χ1n) is 14.6. The molecule has 0 bridgehead atoms. The Morgan fingerprint density at radius 3 is 2.40 bits per heavy atom. The number of carboxylic acid groups (broad SMARTS) is 1. The maximum atomic E-state index is 15.8. The highest BCUT2D eigenvalue weighted by Gasteiger charge is 2.24. The molecule has 0 radical (unpaired) electrons. The van der Waals surface area contributed by atoms with Crippen LogP contribution in [0.4, 0.5) is 10.1 Å². The Morgan fingerprint density at radius 2 is 1.71 bits per heavy atom. The van der Waals surface area contributed by atoms with E-state index >= 15 is 4.39 Å². The largest absolute Gasteiger partial charge is 0.489 e. The number of aromatic carboxylic acids is 1. The van der Waals surface area contributed by atoms with Gasteiger partial charge in [-0.3, -0.25) is 4.79 Å². The molecule has 1 saturated carbocycles. The predicted octanol–water partition coefficient (Wildman–Crippen LogP) is 9.33. The number of hydrogen-bond donors (Lipinski definition) is 2. The average Bonchev–Trinajstić information content (AvgIpc) is 3.39. The minimum Gasteiger partial charge on any atom is -0.489 e. The first-order chi connectivity index (χ1) is 21.3. The van der Waals surface area contributed by atoms with Gasteiger partial charge in [0.15, 0.2) is 0 Å². The number of aromatic nitrogens is 2. The van der Waals surface area contributed by atoms with Crippen LogP contribution in [0, 0.1) is 5.82 Å². The summed E-state index contributed by atoms with van der Waals surface area (Å²) in [5.74, 6) is -0.890. The summed E-state index contributed by atoms with van der Waals surface area (Å²) in [5, 5.41) is 12.9. The molecule has 4 aromatic carbocycles. The van der Waals surface area contributed by atoms with Crippen molar-refractivity contribution in [1.82, 2.24) is 9.55 Å². The summed E-state index contributed by atoms with van der Waals surface area (Å²) in [4.78, 5) is 28.0. The van der Waals surface area contributed by atoms with E-state index in [9.17, 15) is 14.7 Å². The topological polar surface area (TPSA) is 93.4 Å². The molecule has 1 aliphatic rings. The number of carbonyl (C=O) groups excluding carboxylic acids is 1. The van der Waals surface area contributed by atoms with Gasteiger partial charge in [0.25, 0.3) is 0 Å². The number of rotatable bonds is 8. The normalized spacial score (nSPS) is 13.3. The number of ether oxygens (including phenoxy) is 1. The number of halogens is 3. The fourth-order valence-corrected chi connectivity index (χ4v) is 6.09. The monoisotopic (exact) mass is 647 g/mol. The molecule has 0 aliphatic heterocycles. The maximum absolute atomic E-state index is 15.8. The Bertz CT molecular complexity index is 1870. The number of hydrogen-bond acceptors (Lipinski definition) is 4. The highest BCUT2D eigenvalue weighted by molar-refractivity contribution is 6.30. The molecule has 45 heavy (non-hydrogen) atoms. The quantitative estimate of drug-likeness (QED) is 0.175. The Hall–Kier alpha value is -4.40. The second-order valence-electron chi connectivity index (χ2n) is 11.1. The Morgan fingerprint density at radius 1 is 0.978 bits per heavy atom. The molecule has 1 aliphatic carbocycles. The molecule has 1 amide bonds. The SMILES string of the molecule is CC(=O)Nc1ccc(-c2ccc(Cl)cc2)c(COc2ccc(-c3nc4cc(C(=O)O)ccc4n3C3CCCCC3)c(F)c2)c1.Cl. The lowest BCUT2D eigenvalue weighted by Crippen LogP contribution is -2.14. The van der Waals surface area contributed by atoms with E-state index in [2.05, 4.69) is 9.88 Å². The molecule has 6 rings (SSSR count). The van der Waals surface area contributed by atoms with Crippen LogP contribution in [0.5, 0.6) is 5.75 Å². The number of carboxylic acids is 1. The minimum absolute atomic E-state index is 0. The molecule has 0 spiro atoms. The van der Waals surface area contributed by atoms with Crippen LogP contribution in [-0.4, -0.2) is 26.5 Å². The molecule has 10 heteroatoms. The van der Waals surface area contributed by atoms with E-state index in [1.807, 2.05) is 30.3 Å². The van der Waals surface area contributed by atoms with Crippen molar-refractivity contribution in [1.29, 1.82) is 0 Å². The number of imidazole rings is 1. The summed E-state index contributed by atoms with van der Waals surface area (Å²) in [6.45, 7) is 1.57. The molecule has 7 nitrogen and oxygen atoms in total. The van der Waals surface area contributed by atoms with Crippen molar-refractivity contribution in [3.8, 4) is 28.3 Å². The predicted molar refractivity (Wildman–Crippen MR) is 177 cm³/mol. The van der Waals surface area contributed by atoms with E-state index in [1.54, 1.807) is 42.5 Å². The summed E-state index contributed by atoms with van der Waals surface area (Å²) < 4.78 is 24.0. The molecule has 2 N–H and O–H groups in total. The van der Waals surface area contributed by atoms with Crippen LogP contribution in [0.2, 0.25) is 5.02 Å². The van der Waals surface area contributed by atoms with E-state index in [4.69, 9.17) is 21.3 Å². The van der Waals surface area contributed by atoms with Crippen LogP contribution < -0.4 is 10.1 Å². The van der Waals surface area contributed by atoms with Crippen LogP contribution in [0.15, 0.2) is 78.9 Å². The Labute approximate surface area is 271 Å². The number of fused-ring (bicyclic) bond motifs is 1. The second kappa shape index (κ2) is 13.7. The van der Waals surface area contributed by atoms with Gasteiger partial charge in [-0.05, 0) is 84.1 Å². The summed E-state index contributed by atoms with van der Waals surface area (Å²) in [5.41, 5.74) is 5.04. The highest BCUT2D eigenvalue weighted by Crippen LogP contribution is 2.38. The maximum Gasteiger partial charge on any atom is 0.335 e. The highest BCUT2D eigenvalue weighted by atomic mass is 35.5. The van der Waals surface area contributed by atoms with E-state index < -0.39 is 11.8 Å². The lowest BCUT2D eigenvalue weighted by atomic mass is 9.94. The molecular formula is C35H32Cl2FN3O4. The van der Waals surface area contributed by atoms with Crippen LogP contribution in [0.1, 0.15) is 61.0 Å². The van der Waals surface area contributed by atoms with Crippen molar-refractivity contribution in [2.75, 3.05) is 5.32 Å². The summed E-state index contributed by atoms with van der Waals surface area (Å²) in [7, 11) is 0. The van der Waals surface area contributed by atoms with Gasteiger partial charge in [0.1, 0.15) is 24.0 Å². The van der Waals surface area contributed by atoms with Crippen molar-refractivity contribution in [3.05, 3.63) is 101 Å². The molecule has 1 heterocycles. The third kappa shape index (κ3) is 6.97. The molecule has 5 aromatic rings. The van der Waals surface area contributed by atoms with Crippen molar-refractivity contribution in [2.45, 2.75) is 51.7 Å². The Kier molecular flexibility index (Phi) is 9.75. The molecule has 232 valence electrons. The van der Waals surface area contributed by atoms with Gasteiger partial charge in [-0.2, -0.15) is 0 Å². The van der Waals surface area contributed by atoms with Crippen molar-refractivity contribution in [2.24, 2.45) is 0 Å². The zero-order chi connectivity index (χ0) is 30.8. The molecular weight excluding hydrogens is 616 g/mol. The number of nitrogens with one attached hydrogen (secondary N) is 1. The van der Waals surface area contributed by atoms with Gasteiger partial charge in [0, 0.05) is 29.7 Å². The lowest BCUT2D eigenvalue weighted by Gasteiger charge is -2.25. The fraction of sp³-hybridized carbons (Fsp3) is 0.229. The number of nitrogens with zero attached hydrogens (tertiary/aromatic N) is 2. The smallest absolute Gasteiger partial charge is 0.335 e. The third-order valence-electron chi connectivity index (χ3n) is 8.03. The fourth-order valence-electron chi connectivity index (χ4n) is 5.96. The molecule has 0 atom stereocenters. The van der Waals surface area contributed by atoms with Gasteiger partial charge in [-0.1, -0.05) is 49.1 Å². The number of anilines is 1. The molecule has 0 unspecified atom stereocenters. The first kappa shape index (κ1) is 32.0. The first-order valence-corrected chi connectivity index (χ1v) is 15.0. The van der Waals surface area contributed by atoms with Gasteiger partial charge >= 0.3 is 5.97 Å². The molecule has 1 fully saturated rings. The van der Waals surface area contributed by atoms with Gasteiger partial charge in [-0.25, -0.2) is 14.2 Å². The number of amides is 1. The van der Waals surface area contributed by atoms with E-state index in [1.165, 1.54) is 13.0 Å². The van der Waals surface area contributed by atoms with Gasteiger partial charge in [-0.15, -0.1) is 12.4 Å². The van der Waals surface area contributed by atoms with Crippen LogP contribution >= 0.6 is 24.0 Å². The van der Waals surface area contributed by atoms with Crippen molar-refractivity contribution in [3.63, 3.8) is 0 Å². The summed E-state index contributed by atoms with van der Waals surface area (Å²) in [6, 6.07) is 22.8. The minimum atomic E-state index is -1.03. The van der Waals surface area contributed by atoms with Crippen LogP contribution in [-0.2, 0) is 11.4 Å². The molecule has 1 aromatic heterocycles. The zero-order valence-electron chi connectivity index (χ0n) is 24.6. The summed E-state index contributed by atoms with van der Waals surface area (Å²) in [6.07, 6.45) is 5.22. The number of carbonyl (C=O) groups is 2.